The molecule has 0 aliphatic rings. The van der Waals surface area contributed by atoms with Crippen molar-refractivity contribution in [3.8, 4) is 0 Å². The average Bonchev–Trinajstić information content (AvgIpc) is 2.45. The van der Waals surface area contributed by atoms with Crippen LogP contribution in [-0.4, -0.2) is 31.0 Å². The van der Waals surface area contributed by atoms with Crippen LogP contribution in [0.2, 0.25) is 0 Å². The van der Waals surface area contributed by atoms with Crippen LogP contribution in [0.3, 0.4) is 0 Å². The Balaban J connectivity index is 2.09. The summed E-state index contributed by atoms with van der Waals surface area (Å²) >= 11 is 0. The van der Waals surface area contributed by atoms with Gasteiger partial charge in [-0.25, -0.2) is 0 Å². The summed E-state index contributed by atoms with van der Waals surface area (Å²) in [5.74, 6) is 0.719. The molecule has 2 N–H and O–H groups in total. The third-order valence-corrected chi connectivity index (χ3v) is 3.34. The first-order chi connectivity index (χ1) is 9.59. The molecule has 0 radical (unpaired) electrons. The maximum atomic E-state index is 9.87. The molecule has 1 aromatic rings. The Kier molecular flexibility index (Phi) is 8.51. The number of nitrogens with one attached hydrogen (secondary N) is 1. The molecule has 1 rings (SSSR count). The van der Waals surface area contributed by atoms with Crippen LogP contribution in [0.1, 0.15) is 45.2 Å². The molecule has 0 bridgehead atoms. The predicted octanol–water partition coefficient (Wildman–Crippen LogP) is 3.15. The van der Waals surface area contributed by atoms with Gasteiger partial charge in [0.1, 0.15) is 0 Å². The standard InChI is InChI=1S/C17H29NO2/c1-14(2)8-7-11-20-13-17(19)12-18-15(3)16-9-5-4-6-10-16/h4-6,9-10,14-15,17-19H,7-8,11-13H2,1-3H3/t15-,17?/m1/s1. The molecule has 0 spiro atoms. The summed E-state index contributed by atoms with van der Waals surface area (Å²) in [6.45, 7) is 8.23. The number of hydrogen-bond donors (Lipinski definition) is 2. The van der Waals surface area contributed by atoms with Gasteiger partial charge in [0.2, 0.25) is 0 Å². The van der Waals surface area contributed by atoms with Gasteiger partial charge in [0.25, 0.3) is 0 Å². The molecule has 20 heavy (non-hydrogen) atoms. The second-order valence-electron chi connectivity index (χ2n) is 5.81. The third kappa shape index (κ3) is 7.63. The van der Waals surface area contributed by atoms with Gasteiger partial charge < -0.3 is 15.2 Å². The van der Waals surface area contributed by atoms with Crippen LogP contribution in [0, 0.1) is 5.92 Å². The van der Waals surface area contributed by atoms with Gasteiger partial charge in [0.05, 0.1) is 12.7 Å². The fourth-order valence-electron chi connectivity index (χ4n) is 2.04. The van der Waals surface area contributed by atoms with Crippen LogP contribution in [0.25, 0.3) is 0 Å². The Morgan fingerprint density at radius 1 is 1.15 bits per heavy atom. The molecule has 3 nitrogen and oxygen atoms in total. The molecule has 0 heterocycles. The zero-order valence-electron chi connectivity index (χ0n) is 13.0. The first-order valence-electron chi connectivity index (χ1n) is 7.63. The Morgan fingerprint density at radius 3 is 2.50 bits per heavy atom. The lowest BCUT2D eigenvalue weighted by Crippen LogP contribution is -2.32. The van der Waals surface area contributed by atoms with E-state index < -0.39 is 6.10 Å². The molecule has 0 saturated carbocycles. The van der Waals surface area contributed by atoms with Gasteiger partial charge in [-0.15, -0.1) is 0 Å². The highest BCUT2D eigenvalue weighted by molar-refractivity contribution is 5.17. The molecule has 1 unspecified atom stereocenters. The minimum Gasteiger partial charge on any atom is -0.389 e. The second-order valence-corrected chi connectivity index (χ2v) is 5.81. The van der Waals surface area contributed by atoms with Crippen molar-refractivity contribution in [1.29, 1.82) is 0 Å². The highest BCUT2D eigenvalue weighted by Gasteiger charge is 2.08. The van der Waals surface area contributed by atoms with E-state index in [1.165, 1.54) is 12.0 Å². The number of rotatable bonds is 10. The van der Waals surface area contributed by atoms with Crippen LogP contribution in [0.4, 0.5) is 0 Å². The van der Waals surface area contributed by atoms with Gasteiger partial charge in [-0.1, -0.05) is 44.2 Å². The van der Waals surface area contributed by atoms with Gasteiger partial charge in [-0.2, -0.15) is 0 Å². The van der Waals surface area contributed by atoms with Crippen LogP contribution >= 0.6 is 0 Å². The van der Waals surface area contributed by atoms with Crippen LogP contribution in [0.15, 0.2) is 30.3 Å². The fraction of sp³-hybridized carbons (Fsp3) is 0.647. The second kappa shape index (κ2) is 9.92. The average molecular weight is 279 g/mol. The lowest BCUT2D eigenvalue weighted by atomic mass is 10.1. The lowest BCUT2D eigenvalue weighted by Gasteiger charge is -2.17. The number of aliphatic hydroxyl groups excluding tert-OH is 1. The lowest BCUT2D eigenvalue weighted by molar-refractivity contribution is 0.0337. The molecule has 0 aliphatic carbocycles. The Labute approximate surface area is 123 Å². The third-order valence-electron chi connectivity index (χ3n) is 3.34. The summed E-state index contributed by atoms with van der Waals surface area (Å²) < 4.78 is 5.49. The van der Waals surface area contributed by atoms with E-state index >= 15 is 0 Å². The van der Waals surface area contributed by atoms with E-state index in [1.54, 1.807) is 0 Å². The molecule has 114 valence electrons. The Bertz CT molecular complexity index is 340. The minimum absolute atomic E-state index is 0.242. The maximum Gasteiger partial charge on any atom is 0.0897 e. The summed E-state index contributed by atoms with van der Waals surface area (Å²) in [4.78, 5) is 0. The number of ether oxygens (including phenoxy) is 1. The Hall–Kier alpha value is -0.900. The molecular formula is C17H29NO2. The van der Waals surface area contributed by atoms with Crippen molar-refractivity contribution >= 4 is 0 Å². The maximum absolute atomic E-state index is 9.87. The molecule has 0 amide bonds. The summed E-state index contributed by atoms with van der Waals surface area (Å²) in [7, 11) is 0. The smallest absolute Gasteiger partial charge is 0.0897 e. The van der Waals surface area contributed by atoms with Crippen molar-refractivity contribution in [2.75, 3.05) is 19.8 Å². The van der Waals surface area contributed by atoms with E-state index in [2.05, 4.69) is 38.2 Å². The predicted molar refractivity (Wildman–Crippen MR) is 83.8 cm³/mol. The van der Waals surface area contributed by atoms with Crippen molar-refractivity contribution in [3.63, 3.8) is 0 Å². The van der Waals surface area contributed by atoms with Crippen LogP contribution in [0.5, 0.6) is 0 Å². The normalized spacial score (nSPS) is 14.4. The van der Waals surface area contributed by atoms with Gasteiger partial charge >= 0.3 is 0 Å². The summed E-state index contributed by atoms with van der Waals surface area (Å²) in [5.41, 5.74) is 1.23. The highest BCUT2D eigenvalue weighted by Crippen LogP contribution is 2.10. The zero-order chi connectivity index (χ0) is 14.8. The van der Waals surface area contributed by atoms with E-state index in [4.69, 9.17) is 4.74 Å². The van der Waals surface area contributed by atoms with E-state index in [1.807, 2.05) is 18.2 Å². The highest BCUT2D eigenvalue weighted by atomic mass is 16.5. The first-order valence-corrected chi connectivity index (χ1v) is 7.63. The molecule has 2 atom stereocenters. The SMILES string of the molecule is CC(C)CCCOCC(O)CN[C@H](C)c1ccccc1. The van der Waals surface area contributed by atoms with Crippen molar-refractivity contribution in [2.45, 2.75) is 45.8 Å². The van der Waals surface area contributed by atoms with Crippen molar-refractivity contribution < 1.29 is 9.84 Å². The largest absolute Gasteiger partial charge is 0.389 e. The van der Waals surface area contributed by atoms with Crippen molar-refractivity contribution in [1.82, 2.24) is 5.32 Å². The monoisotopic (exact) mass is 279 g/mol. The van der Waals surface area contributed by atoms with E-state index in [9.17, 15) is 5.11 Å². The molecular weight excluding hydrogens is 250 g/mol. The minimum atomic E-state index is -0.444. The molecule has 3 heteroatoms. The number of hydrogen-bond acceptors (Lipinski definition) is 3. The number of aliphatic hydroxyl groups is 1. The van der Waals surface area contributed by atoms with Crippen molar-refractivity contribution in [3.05, 3.63) is 35.9 Å². The van der Waals surface area contributed by atoms with Crippen LogP contribution < -0.4 is 5.32 Å². The van der Waals surface area contributed by atoms with E-state index in [0.717, 1.165) is 18.9 Å². The van der Waals surface area contributed by atoms with Gasteiger partial charge in [-0.3, -0.25) is 0 Å². The summed E-state index contributed by atoms with van der Waals surface area (Å²) in [6, 6.07) is 10.5. The summed E-state index contributed by atoms with van der Waals surface area (Å²) in [6.07, 6.45) is 1.80. The van der Waals surface area contributed by atoms with Crippen LogP contribution in [-0.2, 0) is 4.74 Å². The van der Waals surface area contributed by atoms with Gasteiger partial charge in [-0.05, 0) is 31.2 Å². The van der Waals surface area contributed by atoms with Crippen molar-refractivity contribution in [2.24, 2.45) is 5.92 Å². The van der Waals surface area contributed by atoms with E-state index in [-0.39, 0.29) is 6.04 Å². The topological polar surface area (TPSA) is 41.5 Å². The number of benzene rings is 1. The van der Waals surface area contributed by atoms with Gasteiger partial charge in [0, 0.05) is 19.2 Å². The summed E-state index contributed by atoms with van der Waals surface area (Å²) in [5, 5.41) is 13.2. The molecule has 0 aliphatic heterocycles. The molecule has 0 saturated heterocycles. The zero-order valence-corrected chi connectivity index (χ0v) is 13.0. The van der Waals surface area contributed by atoms with E-state index in [0.29, 0.717) is 13.2 Å². The Morgan fingerprint density at radius 2 is 1.85 bits per heavy atom. The molecule has 1 aromatic carbocycles. The molecule has 0 fully saturated rings. The van der Waals surface area contributed by atoms with Gasteiger partial charge in [0.15, 0.2) is 0 Å². The first kappa shape index (κ1) is 17.2. The fourth-order valence-corrected chi connectivity index (χ4v) is 2.04. The quantitative estimate of drug-likeness (QED) is 0.646. The molecule has 0 aromatic heterocycles.